The van der Waals surface area contributed by atoms with E-state index in [1.54, 1.807) is 11.3 Å². The highest BCUT2D eigenvalue weighted by Gasteiger charge is 2.24. The summed E-state index contributed by atoms with van der Waals surface area (Å²) in [5.41, 5.74) is 4.03. The van der Waals surface area contributed by atoms with Crippen LogP contribution in [0.15, 0.2) is 27.4 Å². The van der Waals surface area contributed by atoms with Crippen LogP contribution in [0.4, 0.5) is 5.69 Å². The average Bonchev–Trinajstić information content (AvgIpc) is 3.00. The van der Waals surface area contributed by atoms with Gasteiger partial charge in [0.1, 0.15) is 0 Å². The van der Waals surface area contributed by atoms with Crippen molar-refractivity contribution in [3.8, 4) is 0 Å². The summed E-state index contributed by atoms with van der Waals surface area (Å²) in [7, 11) is 0. The molecule has 3 nitrogen and oxygen atoms in total. The van der Waals surface area contributed by atoms with Crippen molar-refractivity contribution in [2.75, 3.05) is 11.9 Å². The molecule has 1 aromatic carbocycles. The van der Waals surface area contributed by atoms with Crippen molar-refractivity contribution in [3.05, 3.63) is 49.1 Å². The minimum atomic E-state index is 0.0245. The molecule has 1 atom stereocenters. The summed E-state index contributed by atoms with van der Waals surface area (Å²) in [6.07, 6.45) is 0.422. The third-order valence-corrected chi connectivity index (χ3v) is 5.34. The van der Waals surface area contributed by atoms with Gasteiger partial charge >= 0.3 is 0 Å². The van der Waals surface area contributed by atoms with E-state index in [-0.39, 0.29) is 11.9 Å². The lowest BCUT2D eigenvalue weighted by atomic mass is 9.98. The zero-order valence-electron chi connectivity index (χ0n) is 11.4. The molecule has 0 aliphatic carbocycles. The quantitative estimate of drug-likeness (QED) is 0.821. The normalized spacial score (nSPS) is 14.9. The number of hydrogen-bond acceptors (Lipinski definition) is 3. The maximum Gasteiger partial charge on any atom is 0.228 e. The molecule has 2 N–H and O–H groups in total. The van der Waals surface area contributed by atoms with Gasteiger partial charge in [0.25, 0.3) is 0 Å². The molecule has 0 radical (unpaired) electrons. The number of anilines is 1. The topological polar surface area (TPSA) is 41.1 Å². The van der Waals surface area contributed by atoms with Gasteiger partial charge in [0, 0.05) is 10.7 Å². The van der Waals surface area contributed by atoms with Crippen molar-refractivity contribution in [1.82, 2.24) is 5.32 Å². The summed E-state index contributed by atoms with van der Waals surface area (Å²) in [4.78, 5) is 11.5. The molecule has 1 aliphatic heterocycles. The van der Waals surface area contributed by atoms with E-state index in [0.29, 0.717) is 11.4 Å². The van der Waals surface area contributed by atoms with E-state index < -0.39 is 0 Å². The highest BCUT2D eigenvalue weighted by atomic mass is 79.9. The maximum absolute atomic E-state index is 11.5. The summed E-state index contributed by atoms with van der Waals surface area (Å²) in [6, 6.07) is 6.02. The van der Waals surface area contributed by atoms with Gasteiger partial charge in [-0.05, 0) is 62.7 Å². The lowest BCUT2D eigenvalue weighted by molar-refractivity contribution is -0.115. The predicted molar refractivity (Wildman–Crippen MR) is 91.3 cm³/mol. The first-order valence-electron chi connectivity index (χ1n) is 6.68. The largest absolute Gasteiger partial charge is 0.325 e. The molecule has 0 spiro atoms. The molecule has 6 heteroatoms. The molecule has 110 valence electrons. The fourth-order valence-corrected chi connectivity index (χ4v) is 4.05. The number of carbonyl (C=O) groups excluding carboxylic acids is 1. The third-order valence-electron chi connectivity index (χ3n) is 3.49. The molecule has 0 fully saturated rings. The van der Waals surface area contributed by atoms with Crippen LogP contribution in [0.5, 0.6) is 0 Å². The lowest BCUT2D eigenvalue weighted by Crippen LogP contribution is -2.22. The fraction of sp³-hybridized carbons (Fsp3) is 0.267. The zero-order valence-corrected chi connectivity index (χ0v) is 14.5. The molecule has 1 unspecified atom stereocenters. The van der Waals surface area contributed by atoms with Gasteiger partial charge in [-0.15, -0.1) is 11.3 Å². The second kappa shape index (κ2) is 6.08. The van der Waals surface area contributed by atoms with E-state index in [9.17, 15) is 4.79 Å². The van der Waals surface area contributed by atoms with Gasteiger partial charge in [-0.3, -0.25) is 4.79 Å². The number of fused-ring (bicyclic) bond motifs is 1. The Bertz CT molecular complexity index is 701. The molecule has 2 heterocycles. The van der Waals surface area contributed by atoms with Gasteiger partial charge < -0.3 is 10.6 Å². The standard InChI is InChI=1S/C15H14BrClN2OS/c1-2-18-15(9-4-13(16)21-7-9)10-3-8-5-14(20)19-12(8)6-11(10)17/h3-4,6-7,15,18H,2,5H2,1H3,(H,19,20). The number of halogens is 2. The van der Waals surface area contributed by atoms with Crippen LogP contribution < -0.4 is 10.6 Å². The number of rotatable bonds is 4. The molecule has 1 aliphatic rings. The van der Waals surface area contributed by atoms with Crippen LogP contribution in [0.25, 0.3) is 0 Å². The number of carbonyl (C=O) groups is 1. The Hall–Kier alpha value is -0.880. The summed E-state index contributed by atoms with van der Waals surface area (Å²) < 4.78 is 1.09. The van der Waals surface area contributed by atoms with Gasteiger partial charge in [0.2, 0.25) is 5.91 Å². The molecule has 1 amide bonds. The van der Waals surface area contributed by atoms with E-state index in [1.165, 1.54) is 5.56 Å². The molecule has 2 aromatic rings. The molecule has 0 saturated carbocycles. The molecule has 0 saturated heterocycles. The number of amides is 1. The van der Waals surface area contributed by atoms with Gasteiger partial charge in [0.15, 0.2) is 0 Å². The first kappa shape index (κ1) is 15.0. The van der Waals surface area contributed by atoms with Crippen molar-refractivity contribution in [3.63, 3.8) is 0 Å². The molecule has 0 bridgehead atoms. The van der Waals surface area contributed by atoms with Crippen molar-refractivity contribution in [2.45, 2.75) is 19.4 Å². The summed E-state index contributed by atoms with van der Waals surface area (Å²) in [5.74, 6) is 0.0245. The van der Waals surface area contributed by atoms with Crippen molar-refractivity contribution < 1.29 is 4.79 Å². The molecule has 3 rings (SSSR count). The van der Waals surface area contributed by atoms with Crippen LogP contribution in [0.2, 0.25) is 5.02 Å². The van der Waals surface area contributed by atoms with Gasteiger partial charge in [-0.1, -0.05) is 18.5 Å². The van der Waals surface area contributed by atoms with Gasteiger partial charge in [-0.2, -0.15) is 0 Å². The van der Waals surface area contributed by atoms with Crippen molar-refractivity contribution >= 4 is 50.5 Å². The second-order valence-corrected chi connectivity index (χ2v) is 7.63. The lowest BCUT2D eigenvalue weighted by Gasteiger charge is -2.20. The highest BCUT2D eigenvalue weighted by molar-refractivity contribution is 9.11. The number of nitrogens with one attached hydrogen (secondary N) is 2. The van der Waals surface area contributed by atoms with E-state index >= 15 is 0 Å². The Labute approximate surface area is 140 Å². The number of hydrogen-bond donors (Lipinski definition) is 2. The second-order valence-electron chi connectivity index (χ2n) is 4.93. The molecular formula is C15H14BrClN2OS. The van der Waals surface area contributed by atoms with Crippen LogP contribution in [-0.4, -0.2) is 12.5 Å². The number of thiophene rings is 1. The van der Waals surface area contributed by atoms with Crippen LogP contribution in [0, 0.1) is 0 Å². The highest BCUT2D eigenvalue weighted by Crippen LogP contribution is 2.37. The minimum absolute atomic E-state index is 0.0245. The van der Waals surface area contributed by atoms with Crippen LogP contribution in [0.3, 0.4) is 0 Å². The molecular weight excluding hydrogens is 372 g/mol. The Morgan fingerprint density at radius 2 is 2.29 bits per heavy atom. The number of benzene rings is 1. The summed E-state index contributed by atoms with van der Waals surface area (Å²) >= 11 is 11.6. The maximum atomic E-state index is 11.5. The smallest absolute Gasteiger partial charge is 0.228 e. The zero-order chi connectivity index (χ0) is 15.0. The fourth-order valence-electron chi connectivity index (χ4n) is 2.57. The van der Waals surface area contributed by atoms with Crippen LogP contribution in [-0.2, 0) is 11.2 Å². The molecule has 1 aromatic heterocycles. The van der Waals surface area contributed by atoms with E-state index in [4.69, 9.17) is 11.6 Å². The first-order valence-corrected chi connectivity index (χ1v) is 8.73. The van der Waals surface area contributed by atoms with Crippen LogP contribution >= 0.6 is 38.9 Å². The Kier molecular flexibility index (Phi) is 4.36. The van der Waals surface area contributed by atoms with Crippen molar-refractivity contribution in [2.24, 2.45) is 0 Å². The summed E-state index contributed by atoms with van der Waals surface area (Å²) in [6.45, 7) is 2.91. The van der Waals surface area contributed by atoms with Crippen LogP contribution in [0.1, 0.15) is 29.7 Å². The molecule has 21 heavy (non-hydrogen) atoms. The monoisotopic (exact) mass is 384 g/mol. The minimum Gasteiger partial charge on any atom is -0.325 e. The average molecular weight is 386 g/mol. The Morgan fingerprint density at radius 1 is 1.48 bits per heavy atom. The predicted octanol–water partition coefficient (Wildman–Crippen LogP) is 4.36. The van der Waals surface area contributed by atoms with Gasteiger partial charge in [0.05, 0.1) is 16.2 Å². The van der Waals surface area contributed by atoms with E-state index in [0.717, 1.165) is 27.1 Å². The van der Waals surface area contributed by atoms with Gasteiger partial charge in [-0.25, -0.2) is 0 Å². The van der Waals surface area contributed by atoms with E-state index in [1.807, 2.05) is 12.1 Å². The first-order chi connectivity index (χ1) is 10.1. The van der Waals surface area contributed by atoms with Crippen molar-refractivity contribution in [1.29, 1.82) is 0 Å². The van der Waals surface area contributed by atoms with E-state index in [2.05, 4.69) is 44.9 Å². The Morgan fingerprint density at radius 3 is 2.95 bits per heavy atom. The third kappa shape index (κ3) is 3.01. The Balaban J connectivity index is 2.04. The summed E-state index contributed by atoms with van der Waals surface area (Å²) in [5, 5.41) is 9.08. The SMILES string of the molecule is CCNC(c1csc(Br)c1)c1cc2c(cc1Cl)NC(=O)C2.